The molecule has 0 saturated heterocycles. The quantitative estimate of drug-likeness (QED) is 0.819. The maximum absolute atomic E-state index is 12.2. The standard InChI is InChI=1S/C9H10F3N.C9H13N/c1-2-13-8-5-3-4-7(6-8)9(10,11)12;1-7-3-5-9(6-4-7)8(2)10/h3-6,13H,2H2,1H3;3-6,8H,10H2,1-2H3. The number of anilines is 1. The molecule has 0 bridgehead atoms. The van der Waals surface area contributed by atoms with Crippen LogP contribution in [0.5, 0.6) is 0 Å². The lowest BCUT2D eigenvalue weighted by atomic mass is 10.1. The number of hydrogen-bond donors (Lipinski definition) is 2. The summed E-state index contributed by atoms with van der Waals surface area (Å²) in [6.07, 6.45) is -4.26. The van der Waals surface area contributed by atoms with E-state index in [1.807, 2.05) is 13.8 Å². The summed E-state index contributed by atoms with van der Waals surface area (Å²) in [5, 5.41) is 2.82. The molecular weight excluding hydrogens is 301 g/mol. The molecule has 0 spiro atoms. The number of aryl methyl sites for hydroxylation is 1. The number of benzene rings is 2. The average Bonchev–Trinajstić information content (AvgIpc) is 2.48. The van der Waals surface area contributed by atoms with Gasteiger partial charge in [-0.2, -0.15) is 13.2 Å². The highest BCUT2D eigenvalue weighted by Gasteiger charge is 2.30. The van der Waals surface area contributed by atoms with Crippen LogP contribution < -0.4 is 11.1 Å². The van der Waals surface area contributed by atoms with Crippen molar-refractivity contribution in [2.75, 3.05) is 11.9 Å². The molecule has 0 aromatic heterocycles. The predicted molar refractivity (Wildman–Crippen MR) is 89.4 cm³/mol. The fraction of sp³-hybridized carbons (Fsp3) is 0.333. The van der Waals surface area contributed by atoms with Crippen LogP contribution in [0, 0.1) is 6.92 Å². The van der Waals surface area contributed by atoms with E-state index < -0.39 is 11.7 Å². The van der Waals surface area contributed by atoms with Crippen LogP contribution in [0.4, 0.5) is 18.9 Å². The first-order valence-electron chi connectivity index (χ1n) is 7.47. The first-order chi connectivity index (χ1) is 10.7. The molecule has 2 aromatic rings. The minimum absolute atomic E-state index is 0.153. The Hall–Kier alpha value is -2.01. The Morgan fingerprint density at radius 1 is 1.09 bits per heavy atom. The van der Waals surface area contributed by atoms with Gasteiger partial charge in [0.25, 0.3) is 0 Å². The molecule has 2 nitrogen and oxygen atoms in total. The molecule has 0 aliphatic carbocycles. The van der Waals surface area contributed by atoms with Gasteiger partial charge in [-0.25, -0.2) is 0 Å². The molecule has 0 aliphatic rings. The molecule has 0 saturated carbocycles. The van der Waals surface area contributed by atoms with Gasteiger partial charge in [-0.15, -0.1) is 0 Å². The molecule has 0 aliphatic heterocycles. The van der Waals surface area contributed by atoms with E-state index in [0.717, 1.165) is 12.1 Å². The number of nitrogens with one attached hydrogen (secondary N) is 1. The van der Waals surface area contributed by atoms with Gasteiger partial charge in [-0.05, 0) is 44.5 Å². The molecule has 126 valence electrons. The normalized spacial score (nSPS) is 12.1. The molecule has 0 radical (unpaired) electrons. The first-order valence-corrected chi connectivity index (χ1v) is 7.47. The van der Waals surface area contributed by atoms with E-state index in [2.05, 4.69) is 36.5 Å². The third kappa shape index (κ3) is 6.74. The van der Waals surface area contributed by atoms with Crippen molar-refractivity contribution in [2.24, 2.45) is 5.73 Å². The van der Waals surface area contributed by atoms with Gasteiger partial charge in [0.05, 0.1) is 5.56 Å². The molecule has 3 N–H and O–H groups in total. The zero-order valence-electron chi connectivity index (χ0n) is 13.6. The smallest absolute Gasteiger partial charge is 0.385 e. The second-order valence-corrected chi connectivity index (χ2v) is 5.31. The minimum atomic E-state index is -4.26. The summed E-state index contributed by atoms with van der Waals surface area (Å²) in [7, 11) is 0. The highest BCUT2D eigenvalue weighted by atomic mass is 19.4. The zero-order chi connectivity index (χ0) is 17.5. The number of alkyl halides is 3. The van der Waals surface area contributed by atoms with Crippen molar-refractivity contribution >= 4 is 5.69 Å². The Morgan fingerprint density at radius 2 is 1.70 bits per heavy atom. The highest BCUT2D eigenvalue weighted by molar-refractivity contribution is 5.46. The van der Waals surface area contributed by atoms with Gasteiger partial charge in [0, 0.05) is 18.3 Å². The predicted octanol–water partition coefficient (Wildman–Crippen LogP) is 5.15. The second kappa shape index (κ2) is 8.58. The largest absolute Gasteiger partial charge is 0.416 e. The summed E-state index contributed by atoms with van der Waals surface area (Å²) in [6.45, 7) is 6.51. The van der Waals surface area contributed by atoms with E-state index in [1.165, 1.54) is 17.2 Å². The molecule has 1 unspecified atom stereocenters. The maximum Gasteiger partial charge on any atom is 0.416 e. The van der Waals surface area contributed by atoms with Crippen LogP contribution in [0.2, 0.25) is 0 Å². The van der Waals surface area contributed by atoms with Crippen molar-refractivity contribution in [1.29, 1.82) is 0 Å². The third-order valence-corrected chi connectivity index (χ3v) is 3.17. The summed E-state index contributed by atoms with van der Waals surface area (Å²) in [6, 6.07) is 13.6. The Morgan fingerprint density at radius 3 is 2.17 bits per heavy atom. The minimum Gasteiger partial charge on any atom is -0.385 e. The SMILES string of the molecule is CCNc1cccc(C(F)(F)F)c1.Cc1ccc(C(C)N)cc1. The Bertz CT molecular complexity index is 590. The van der Waals surface area contributed by atoms with Crippen LogP contribution in [0.25, 0.3) is 0 Å². The molecular formula is C18H23F3N2. The van der Waals surface area contributed by atoms with Crippen LogP contribution >= 0.6 is 0 Å². The van der Waals surface area contributed by atoms with Crippen LogP contribution in [0.3, 0.4) is 0 Å². The summed E-state index contributed by atoms with van der Waals surface area (Å²) < 4.78 is 36.5. The first kappa shape index (κ1) is 19.0. The van der Waals surface area contributed by atoms with Crippen LogP contribution in [0.1, 0.15) is 36.6 Å². The molecule has 5 heteroatoms. The summed E-state index contributed by atoms with van der Waals surface area (Å²) in [4.78, 5) is 0. The van der Waals surface area contributed by atoms with Crippen molar-refractivity contribution < 1.29 is 13.2 Å². The van der Waals surface area contributed by atoms with Crippen molar-refractivity contribution in [3.05, 3.63) is 65.2 Å². The van der Waals surface area contributed by atoms with Crippen molar-refractivity contribution in [2.45, 2.75) is 33.0 Å². The van der Waals surface area contributed by atoms with Crippen LogP contribution in [-0.2, 0) is 6.18 Å². The molecule has 23 heavy (non-hydrogen) atoms. The van der Waals surface area contributed by atoms with Gasteiger partial charge in [-0.3, -0.25) is 0 Å². The van der Waals surface area contributed by atoms with Gasteiger partial charge < -0.3 is 11.1 Å². The molecule has 2 aromatic carbocycles. The van der Waals surface area contributed by atoms with E-state index in [-0.39, 0.29) is 6.04 Å². The lowest BCUT2D eigenvalue weighted by Gasteiger charge is -2.08. The monoisotopic (exact) mass is 324 g/mol. The number of rotatable bonds is 3. The third-order valence-electron chi connectivity index (χ3n) is 3.17. The Labute approximate surface area is 135 Å². The fourth-order valence-electron chi connectivity index (χ4n) is 1.88. The molecule has 1 atom stereocenters. The summed E-state index contributed by atoms with van der Waals surface area (Å²) in [5.74, 6) is 0. The van der Waals surface area contributed by atoms with Crippen LogP contribution in [-0.4, -0.2) is 6.54 Å². The van der Waals surface area contributed by atoms with E-state index >= 15 is 0 Å². The Kier molecular flexibility index (Phi) is 7.10. The molecule has 2 rings (SSSR count). The van der Waals surface area contributed by atoms with Crippen molar-refractivity contribution in [3.8, 4) is 0 Å². The van der Waals surface area contributed by atoms with E-state index in [9.17, 15) is 13.2 Å². The molecule has 0 amide bonds. The van der Waals surface area contributed by atoms with Crippen LogP contribution in [0.15, 0.2) is 48.5 Å². The lowest BCUT2D eigenvalue weighted by molar-refractivity contribution is -0.137. The van der Waals surface area contributed by atoms with E-state index in [1.54, 1.807) is 6.07 Å². The molecule has 0 fully saturated rings. The van der Waals surface area contributed by atoms with Crippen molar-refractivity contribution in [3.63, 3.8) is 0 Å². The zero-order valence-corrected chi connectivity index (χ0v) is 13.6. The summed E-state index contributed by atoms with van der Waals surface area (Å²) >= 11 is 0. The maximum atomic E-state index is 12.2. The van der Waals surface area contributed by atoms with Gasteiger partial charge in [0.2, 0.25) is 0 Å². The Balaban J connectivity index is 0.000000238. The average molecular weight is 324 g/mol. The van der Waals surface area contributed by atoms with E-state index in [0.29, 0.717) is 12.2 Å². The van der Waals surface area contributed by atoms with Gasteiger partial charge in [0.1, 0.15) is 0 Å². The summed E-state index contributed by atoms with van der Waals surface area (Å²) in [5.41, 5.74) is 8.02. The molecule has 0 heterocycles. The topological polar surface area (TPSA) is 38.0 Å². The number of halogens is 3. The highest BCUT2D eigenvalue weighted by Crippen LogP contribution is 2.30. The van der Waals surface area contributed by atoms with Gasteiger partial charge in [0.15, 0.2) is 0 Å². The van der Waals surface area contributed by atoms with E-state index in [4.69, 9.17) is 5.73 Å². The van der Waals surface area contributed by atoms with Gasteiger partial charge in [-0.1, -0.05) is 35.9 Å². The number of hydrogen-bond acceptors (Lipinski definition) is 2. The second-order valence-electron chi connectivity index (χ2n) is 5.31. The lowest BCUT2D eigenvalue weighted by Crippen LogP contribution is -2.06. The van der Waals surface area contributed by atoms with Crippen molar-refractivity contribution in [1.82, 2.24) is 0 Å². The fourth-order valence-corrected chi connectivity index (χ4v) is 1.88. The van der Waals surface area contributed by atoms with Gasteiger partial charge >= 0.3 is 6.18 Å². The number of nitrogens with two attached hydrogens (primary N) is 1.